The summed E-state index contributed by atoms with van der Waals surface area (Å²) in [5.74, 6) is 6.62. The summed E-state index contributed by atoms with van der Waals surface area (Å²) in [6.07, 6.45) is 7.14. The lowest BCUT2D eigenvalue weighted by atomic mass is 9.45. The Morgan fingerprint density at radius 3 is 2.51 bits per heavy atom. The van der Waals surface area contributed by atoms with Gasteiger partial charge in [0.1, 0.15) is 6.61 Å². The molecule has 4 heteroatoms. The average molecular weight is 475 g/mol. The van der Waals surface area contributed by atoms with Crippen LogP contribution in [0.2, 0.25) is 0 Å². The smallest absolute Gasteiger partial charge is 0.156 e. The summed E-state index contributed by atoms with van der Waals surface area (Å²) < 4.78 is 5.74. The maximum Gasteiger partial charge on any atom is 0.156 e. The second kappa shape index (κ2) is 8.46. The van der Waals surface area contributed by atoms with Gasteiger partial charge in [0.2, 0.25) is 0 Å². The predicted molar refractivity (Wildman–Crippen MR) is 137 cm³/mol. The molecule has 3 N–H and O–H groups in total. The van der Waals surface area contributed by atoms with Crippen molar-refractivity contribution in [2.45, 2.75) is 69.9 Å². The molecule has 0 radical (unpaired) electrons. The van der Waals surface area contributed by atoms with Crippen molar-refractivity contribution in [3.8, 4) is 11.8 Å². The number of aliphatic hydroxyl groups excluding tert-OH is 1. The first-order valence-corrected chi connectivity index (χ1v) is 12.9. The maximum absolute atomic E-state index is 12.0. The molecule has 0 amide bonds. The Bertz CT molecular complexity index is 1110. The minimum absolute atomic E-state index is 0.00256. The molecule has 5 rings (SSSR count). The lowest BCUT2D eigenvalue weighted by Crippen LogP contribution is -2.61. The summed E-state index contributed by atoms with van der Waals surface area (Å²) >= 11 is 0. The zero-order valence-electron chi connectivity index (χ0n) is 21.0. The highest BCUT2D eigenvalue weighted by Crippen LogP contribution is 2.69. The summed E-state index contributed by atoms with van der Waals surface area (Å²) in [5, 5.41) is 33.8. The second-order valence-electron chi connectivity index (χ2n) is 11.7. The van der Waals surface area contributed by atoms with Crippen molar-refractivity contribution in [1.29, 1.82) is 0 Å². The summed E-state index contributed by atoms with van der Waals surface area (Å²) in [6, 6.07) is 9.97. The molecule has 3 unspecified atom stereocenters. The molecule has 0 aromatic heterocycles. The van der Waals surface area contributed by atoms with E-state index in [0.717, 1.165) is 30.4 Å². The highest BCUT2D eigenvalue weighted by Gasteiger charge is 2.68. The van der Waals surface area contributed by atoms with E-state index in [1.807, 2.05) is 36.4 Å². The molecule has 35 heavy (non-hydrogen) atoms. The van der Waals surface area contributed by atoms with Gasteiger partial charge in [0, 0.05) is 17.3 Å². The highest BCUT2D eigenvalue weighted by molar-refractivity contribution is 5.54. The Labute approximate surface area is 209 Å². The van der Waals surface area contributed by atoms with Crippen LogP contribution in [0.3, 0.4) is 0 Å². The van der Waals surface area contributed by atoms with Gasteiger partial charge in [0.05, 0.1) is 18.3 Å². The van der Waals surface area contributed by atoms with Gasteiger partial charge < -0.3 is 20.1 Å². The standard InChI is InChI=1S/C31H38O4/c1-21-22(2)31(34,14-8-18-35-20-23-9-6-5-7-10-23)29(4)16-13-26-25(27(21)29)12-17-30(33)19-24(32)11-15-28(26,30)3/h5-7,9-10,12,17,24-27,32-34H,1-2,11,13,15-16,18-20H2,3-4H3/t24?,25-,26-,27+,28-,29+,30?,31?/m1/s1. The number of hydrogen-bond acceptors (Lipinski definition) is 4. The number of benzene rings is 1. The van der Waals surface area contributed by atoms with Crippen LogP contribution in [0, 0.1) is 40.4 Å². The van der Waals surface area contributed by atoms with Crippen LogP contribution in [0.25, 0.3) is 0 Å². The van der Waals surface area contributed by atoms with Gasteiger partial charge in [-0.25, -0.2) is 0 Å². The van der Waals surface area contributed by atoms with Gasteiger partial charge in [0.25, 0.3) is 0 Å². The summed E-state index contributed by atoms with van der Waals surface area (Å²) in [4.78, 5) is 0. The fourth-order valence-electron chi connectivity index (χ4n) is 7.83. The molecule has 0 spiro atoms. The molecule has 8 atom stereocenters. The summed E-state index contributed by atoms with van der Waals surface area (Å²) in [5.41, 5.74) is -0.613. The molecule has 0 saturated heterocycles. The molecular formula is C31H38O4. The van der Waals surface area contributed by atoms with Crippen LogP contribution in [0.15, 0.2) is 66.8 Å². The first kappa shape index (κ1) is 24.5. The van der Waals surface area contributed by atoms with E-state index in [-0.39, 0.29) is 29.8 Å². The Kier molecular flexibility index (Phi) is 5.93. The predicted octanol–water partition coefficient (Wildman–Crippen LogP) is 4.56. The van der Waals surface area contributed by atoms with E-state index in [4.69, 9.17) is 4.74 Å². The van der Waals surface area contributed by atoms with Gasteiger partial charge >= 0.3 is 0 Å². The minimum Gasteiger partial charge on any atom is -0.393 e. The van der Waals surface area contributed by atoms with E-state index < -0.39 is 22.7 Å². The van der Waals surface area contributed by atoms with E-state index >= 15 is 0 Å². The molecule has 186 valence electrons. The Balaban J connectivity index is 1.40. The normalized spacial score (nSPS) is 44.1. The molecule has 3 fully saturated rings. The first-order valence-electron chi connectivity index (χ1n) is 12.9. The number of rotatable bonds is 3. The van der Waals surface area contributed by atoms with Gasteiger partial charge in [-0.2, -0.15) is 0 Å². The van der Waals surface area contributed by atoms with Gasteiger partial charge in [-0.1, -0.05) is 81.3 Å². The molecule has 1 aromatic rings. The van der Waals surface area contributed by atoms with Crippen molar-refractivity contribution < 1.29 is 20.1 Å². The zero-order chi connectivity index (χ0) is 25.1. The van der Waals surface area contributed by atoms with Crippen LogP contribution in [0.4, 0.5) is 0 Å². The van der Waals surface area contributed by atoms with Gasteiger partial charge in [0.15, 0.2) is 5.60 Å². The number of hydrogen-bond donors (Lipinski definition) is 3. The summed E-state index contributed by atoms with van der Waals surface area (Å²) in [6.45, 7) is 13.7. The molecule has 1 aromatic carbocycles. The third-order valence-electron chi connectivity index (χ3n) is 10.0. The molecule has 4 aliphatic carbocycles. The van der Waals surface area contributed by atoms with Crippen molar-refractivity contribution in [3.05, 3.63) is 72.4 Å². The average Bonchev–Trinajstić information content (AvgIpc) is 2.98. The van der Waals surface area contributed by atoms with Crippen molar-refractivity contribution in [2.75, 3.05) is 6.61 Å². The Hall–Kier alpha value is -2.16. The zero-order valence-corrected chi connectivity index (χ0v) is 21.0. The van der Waals surface area contributed by atoms with E-state index in [0.29, 0.717) is 25.0 Å². The monoisotopic (exact) mass is 474 g/mol. The van der Waals surface area contributed by atoms with Gasteiger partial charge in [-0.05, 0) is 60.1 Å². The highest BCUT2D eigenvalue weighted by atomic mass is 16.5. The van der Waals surface area contributed by atoms with E-state index in [1.54, 1.807) is 0 Å². The topological polar surface area (TPSA) is 69.9 Å². The first-order chi connectivity index (χ1) is 16.6. The van der Waals surface area contributed by atoms with Crippen LogP contribution >= 0.6 is 0 Å². The molecule has 0 heterocycles. The fourth-order valence-corrected chi connectivity index (χ4v) is 7.83. The van der Waals surface area contributed by atoms with Crippen LogP contribution in [-0.4, -0.2) is 39.2 Å². The van der Waals surface area contributed by atoms with E-state index in [9.17, 15) is 15.3 Å². The molecule has 0 bridgehead atoms. The number of aliphatic hydroxyl groups is 3. The third-order valence-corrected chi connectivity index (χ3v) is 10.0. The minimum atomic E-state index is -1.36. The summed E-state index contributed by atoms with van der Waals surface area (Å²) in [7, 11) is 0. The molecule has 4 nitrogen and oxygen atoms in total. The molecule has 4 aliphatic rings. The van der Waals surface area contributed by atoms with E-state index in [2.05, 4.69) is 44.9 Å². The lowest BCUT2D eigenvalue weighted by molar-refractivity contribution is -0.170. The van der Waals surface area contributed by atoms with E-state index in [1.165, 1.54) is 0 Å². The van der Waals surface area contributed by atoms with Crippen molar-refractivity contribution in [2.24, 2.45) is 28.6 Å². The molecule has 3 saturated carbocycles. The number of allylic oxidation sites excluding steroid dienone is 1. The lowest BCUT2D eigenvalue weighted by Gasteiger charge is -2.61. The third kappa shape index (κ3) is 3.51. The largest absolute Gasteiger partial charge is 0.393 e. The number of fused-ring (bicyclic) bond motifs is 5. The van der Waals surface area contributed by atoms with Crippen LogP contribution in [-0.2, 0) is 11.3 Å². The maximum atomic E-state index is 12.0. The molecule has 0 aliphatic heterocycles. The number of ether oxygens (including phenoxy) is 1. The van der Waals surface area contributed by atoms with Crippen molar-refractivity contribution >= 4 is 0 Å². The van der Waals surface area contributed by atoms with Crippen molar-refractivity contribution in [1.82, 2.24) is 0 Å². The van der Waals surface area contributed by atoms with Crippen LogP contribution in [0.5, 0.6) is 0 Å². The second-order valence-corrected chi connectivity index (χ2v) is 11.7. The molecular weight excluding hydrogens is 436 g/mol. The van der Waals surface area contributed by atoms with Gasteiger partial charge in [-0.15, -0.1) is 0 Å². The van der Waals surface area contributed by atoms with Gasteiger partial charge in [-0.3, -0.25) is 0 Å². The van der Waals surface area contributed by atoms with Crippen molar-refractivity contribution in [3.63, 3.8) is 0 Å². The SMILES string of the molecule is C=C1C(=C)C(O)(C#CCOCc2ccccc2)[C@@]2(C)CC[C@@H]3[C@@H](C=CC4(O)CC(O)CC[C@]34C)[C@H]12. The quantitative estimate of drug-likeness (QED) is 0.341. The fraction of sp³-hybridized carbons (Fsp3) is 0.548. The Morgan fingerprint density at radius 1 is 1.06 bits per heavy atom. The Morgan fingerprint density at radius 2 is 1.77 bits per heavy atom. The van der Waals surface area contributed by atoms with Crippen LogP contribution in [0.1, 0.15) is 51.5 Å². The van der Waals surface area contributed by atoms with Crippen LogP contribution < -0.4 is 0 Å².